The van der Waals surface area contributed by atoms with E-state index in [1.807, 2.05) is 0 Å². The largest absolute Gasteiger partial charge is 0.382 e. The van der Waals surface area contributed by atoms with Crippen LogP contribution in [0.25, 0.3) is 0 Å². The van der Waals surface area contributed by atoms with E-state index in [1.165, 1.54) is 9.58 Å². The molecule has 0 saturated heterocycles. The van der Waals surface area contributed by atoms with Crippen molar-refractivity contribution in [2.24, 2.45) is 0 Å². The predicted molar refractivity (Wildman–Crippen MR) is 63.0 cm³/mol. The van der Waals surface area contributed by atoms with Crippen LogP contribution in [0.3, 0.4) is 0 Å². The Morgan fingerprint density at radius 3 is 2.76 bits per heavy atom. The number of aromatic nitrogens is 2. The zero-order valence-electron chi connectivity index (χ0n) is 10.0. The fourth-order valence-corrected chi connectivity index (χ4v) is 1.20. The number of nitrogens with zero attached hydrogens (tertiary/aromatic N) is 3. The van der Waals surface area contributed by atoms with Crippen LogP contribution in [-0.4, -0.2) is 47.1 Å². The molecule has 7 heteroatoms. The van der Waals surface area contributed by atoms with E-state index in [-0.39, 0.29) is 18.4 Å². The summed E-state index contributed by atoms with van der Waals surface area (Å²) in [6.07, 6.45) is 1.92. The van der Waals surface area contributed by atoms with E-state index >= 15 is 0 Å². The summed E-state index contributed by atoms with van der Waals surface area (Å²) in [5.74, 6) is 0.161. The van der Waals surface area contributed by atoms with Gasteiger partial charge in [-0.1, -0.05) is 0 Å². The molecule has 94 valence electrons. The third-order valence-corrected chi connectivity index (χ3v) is 2.13. The third-order valence-electron chi connectivity index (χ3n) is 2.13. The number of carbonyl (C=O) groups excluding carboxylic acids is 2. The Morgan fingerprint density at radius 2 is 2.24 bits per heavy atom. The van der Waals surface area contributed by atoms with E-state index in [9.17, 15) is 9.59 Å². The quantitative estimate of drug-likeness (QED) is 0.693. The highest BCUT2D eigenvalue weighted by Crippen LogP contribution is 1.95. The van der Waals surface area contributed by atoms with Crippen molar-refractivity contribution in [1.82, 2.24) is 20.0 Å². The summed E-state index contributed by atoms with van der Waals surface area (Å²) in [5.41, 5.74) is 5.41. The number of hydrogen-bond acceptors (Lipinski definition) is 4. The topological polar surface area (TPSA) is 93.2 Å². The van der Waals surface area contributed by atoms with Gasteiger partial charge in [0, 0.05) is 33.3 Å². The monoisotopic (exact) mass is 239 g/mol. The van der Waals surface area contributed by atoms with Crippen molar-refractivity contribution in [2.75, 3.05) is 26.4 Å². The van der Waals surface area contributed by atoms with Crippen LogP contribution < -0.4 is 11.1 Å². The molecule has 0 spiro atoms. The zero-order chi connectivity index (χ0) is 12.8. The average Bonchev–Trinajstić information content (AvgIpc) is 2.63. The maximum atomic E-state index is 11.4. The Kier molecular flexibility index (Phi) is 4.50. The van der Waals surface area contributed by atoms with Gasteiger partial charge in [0.15, 0.2) is 0 Å². The number of rotatable bonds is 5. The molecular formula is C10H17N5O2. The number of nitrogens with two attached hydrogens (primary N) is 1. The maximum absolute atomic E-state index is 11.4. The molecule has 0 saturated carbocycles. The third kappa shape index (κ3) is 4.54. The molecule has 3 N–H and O–H groups in total. The van der Waals surface area contributed by atoms with E-state index in [4.69, 9.17) is 5.73 Å². The van der Waals surface area contributed by atoms with Crippen LogP contribution >= 0.6 is 0 Å². The Balaban J connectivity index is 2.24. The summed E-state index contributed by atoms with van der Waals surface area (Å²) in [6, 6.07) is 1.61. The minimum Gasteiger partial charge on any atom is -0.382 e. The van der Waals surface area contributed by atoms with Crippen LogP contribution in [0.1, 0.15) is 6.42 Å². The number of carbonyl (C=O) groups is 2. The van der Waals surface area contributed by atoms with Crippen molar-refractivity contribution in [3.8, 4) is 0 Å². The summed E-state index contributed by atoms with van der Waals surface area (Å²) in [5, 5.41) is 6.52. The van der Waals surface area contributed by atoms with Gasteiger partial charge >= 0.3 is 0 Å². The highest BCUT2D eigenvalue weighted by Gasteiger charge is 2.06. The van der Waals surface area contributed by atoms with Crippen LogP contribution in [0.5, 0.6) is 0 Å². The minimum absolute atomic E-state index is 0.0198. The van der Waals surface area contributed by atoms with E-state index in [1.54, 1.807) is 26.4 Å². The van der Waals surface area contributed by atoms with Crippen molar-refractivity contribution in [1.29, 1.82) is 0 Å². The van der Waals surface area contributed by atoms with Crippen molar-refractivity contribution in [3.63, 3.8) is 0 Å². The number of amides is 2. The lowest BCUT2D eigenvalue weighted by Gasteiger charge is -2.10. The van der Waals surface area contributed by atoms with E-state index in [0.717, 1.165) is 0 Å². The van der Waals surface area contributed by atoms with Crippen molar-refractivity contribution >= 4 is 17.6 Å². The molecule has 0 aliphatic carbocycles. The van der Waals surface area contributed by atoms with Gasteiger partial charge in [0.2, 0.25) is 11.8 Å². The highest BCUT2D eigenvalue weighted by molar-refractivity contribution is 5.78. The lowest BCUT2D eigenvalue weighted by Crippen LogP contribution is -2.32. The van der Waals surface area contributed by atoms with Crippen LogP contribution in [0.15, 0.2) is 12.3 Å². The summed E-state index contributed by atoms with van der Waals surface area (Å²) < 4.78 is 1.44. The van der Waals surface area contributed by atoms with Crippen molar-refractivity contribution in [3.05, 3.63) is 12.3 Å². The molecule has 0 unspecified atom stereocenters. The Labute approximate surface area is 99.6 Å². The predicted octanol–water partition coefficient (Wildman–Crippen LogP) is -0.940. The molecular weight excluding hydrogens is 222 g/mol. The first kappa shape index (κ1) is 13.0. The second-order valence-electron chi connectivity index (χ2n) is 3.83. The molecule has 1 heterocycles. The van der Waals surface area contributed by atoms with E-state index in [0.29, 0.717) is 18.8 Å². The van der Waals surface area contributed by atoms with E-state index < -0.39 is 0 Å². The second-order valence-corrected chi connectivity index (χ2v) is 3.83. The molecule has 1 aromatic rings. The molecule has 0 fully saturated rings. The molecule has 0 aliphatic rings. The Morgan fingerprint density at radius 1 is 1.53 bits per heavy atom. The van der Waals surface area contributed by atoms with Gasteiger partial charge in [-0.3, -0.25) is 14.3 Å². The smallest absolute Gasteiger partial charge is 0.241 e. The van der Waals surface area contributed by atoms with Gasteiger partial charge in [0.25, 0.3) is 0 Å². The molecule has 1 rings (SSSR count). The lowest BCUT2D eigenvalue weighted by molar-refractivity contribution is -0.128. The van der Waals surface area contributed by atoms with Gasteiger partial charge in [-0.2, -0.15) is 5.10 Å². The number of hydrogen-bond donors (Lipinski definition) is 2. The van der Waals surface area contributed by atoms with Gasteiger partial charge in [0.1, 0.15) is 12.4 Å². The molecule has 0 atom stereocenters. The summed E-state index contributed by atoms with van der Waals surface area (Å²) in [6.45, 7) is 0.431. The SMILES string of the molecule is CN(C)C(=O)CCNC(=O)Cn1ccc(N)n1. The zero-order valence-corrected chi connectivity index (χ0v) is 10.0. The molecule has 0 radical (unpaired) electrons. The molecule has 0 aromatic carbocycles. The normalized spacial score (nSPS) is 10.0. The molecule has 7 nitrogen and oxygen atoms in total. The minimum atomic E-state index is -0.195. The van der Waals surface area contributed by atoms with Gasteiger partial charge in [-0.25, -0.2) is 0 Å². The summed E-state index contributed by atoms with van der Waals surface area (Å²) in [4.78, 5) is 24.1. The van der Waals surface area contributed by atoms with Crippen LogP contribution in [0.4, 0.5) is 5.82 Å². The highest BCUT2D eigenvalue weighted by atomic mass is 16.2. The summed E-state index contributed by atoms with van der Waals surface area (Å²) >= 11 is 0. The fraction of sp³-hybridized carbons (Fsp3) is 0.500. The second kappa shape index (κ2) is 5.88. The molecule has 1 aromatic heterocycles. The Bertz CT molecular complexity index is 399. The van der Waals surface area contributed by atoms with Gasteiger partial charge in [-0.05, 0) is 6.07 Å². The van der Waals surface area contributed by atoms with Crippen LogP contribution in [-0.2, 0) is 16.1 Å². The van der Waals surface area contributed by atoms with E-state index in [2.05, 4.69) is 10.4 Å². The first-order chi connectivity index (χ1) is 7.99. The van der Waals surface area contributed by atoms with Gasteiger partial charge in [-0.15, -0.1) is 0 Å². The molecule has 17 heavy (non-hydrogen) atoms. The maximum Gasteiger partial charge on any atom is 0.241 e. The van der Waals surface area contributed by atoms with Gasteiger partial charge < -0.3 is 16.0 Å². The van der Waals surface area contributed by atoms with Crippen molar-refractivity contribution in [2.45, 2.75) is 13.0 Å². The Hall–Kier alpha value is -2.05. The van der Waals surface area contributed by atoms with Crippen molar-refractivity contribution < 1.29 is 9.59 Å². The number of nitrogen functional groups attached to an aromatic ring is 1. The first-order valence-electron chi connectivity index (χ1n) is 5.25. The van der Waals surface area contributed by atoms with Gasteiger partial charge in [0.05, 0.1) is 0 Å². The van der Waals surface area contributed by atoms with Crippen LogP contribution in [0, 0.1) is 0 Å². The number of nitrogens with one attached hydrogen (secondary N) is 1. The molecule has 0 bridgehead atoms. The standard InChI is InChI=1S/C10H17N5O2/c1-14(2)10(17)3-5-12-9(16)7-15-6-4-8(11)13-15/h4,6H,3,5,7H2,1-2H3,(H2,11,13)(H,12,16). The molecule has 2 amide bonds. The number of anilines is 1. The summed E-state index contributed by atoms with van der Waals surface area (Å²) in [7, 11) is 3.35. The fourth-order valence-electron chi connectivity index (χ4n) is 1.20. The lowest BCUT2D eigenvalue weighted by atomic mass is 10.4. The molecule has 0 aliphatic heterocycles. The average molecular weight is 239 g/mol. The first-order valence-corrected chi connectivity index (χ1v) is 5.25. The van der Waals surface area contributed by atoms with Crippen LogP contribution in [0.2, 0.25) is 0 Å².